The maximum atomic E-state index is 12.5. The molecule has 0 aliphatic carbocycles. The first-order valence-corrected chi connectivity index (χ1v) is 10.8. The Hall–Kier alpha value is -1.20. The molecule has 0 amide bonds. The van der Waals surface area contributed by atoms with Gasteiger partial charge in [0, 0.05) is 14.1 Å². The van der Waals surface area contributed by atoms with Crippen LogP contribution in [0.5, 0.6) is 0 Å². The van der Waals surface area contributed by atoms with Crippen LogP contribution in [0.2, 0.25) is 5.02 Å². The fourth-order valence-electron chi connectivity index (χ4n) is 1.91. The van der Waals surface area contributed by atoms with Gasteiger partial charge >= 0.3 is 0 Å². The largest absolute Gasteiger partial charge is 0.277 e. The van der Waals surface area contributed by atoms with Gasteiger partial charge < -0.3 is 0 Å². The van der Waals surface area contributed by atoms with Gasteiger partial charge in [-0.1, -0.05) is 11.6 Å². The summed E-state index contributed by atoms with van der Waals surface area (Å²) in [6.07, 6.45) is 0. The van der Waals surface area contributed by atoms with Crippen LogP contribution in [-0.4, -0.2) is 40.2 Å². The molecule has 0 bridgehead atoms. The third-order valence-corrected chi connectivity index (χ3v) is 8.25. The molecule has 7 nitrogen and oxygen atoms in total. The second-order valence-corrected chi connectivity index (χ2v) is 10.8. The molecule has 24 heavy (non-hydrogen) atoms. The second-order valence-electron chi connectivity index (χ2n) is 5.14. The summed E-state index contributed by atoms with van der Waals surface area (Å²) in [5.74, 6) is 0. The van der Waals surface area contributed by atoms with Gasteiger partial charge in [-0.2, -0.15) is 0 Å². The van der Waals surface area contributed by atoms with Crippen molar-refractivity contribution in [3.63, 3.8) is 0 Å². The van der Waals surface area contributed by atoms with Crippen molar-refractivity contribution in [3.05, 3.63) is 33.9 Å². The van der Waals surface area contributed by atoms with Crippen molar-refractivity contribution in [2.75, 3.05) is 18.8 Å². The first-order valence-electron chi connectivity index (χ1n) is 6.64. The van der Waals surface area contributed by atoms with E-state index in [9.17, 15) is 16.8 Å². The minimum atomic E-state index is -3.92. The van der Waals surface area contributed by atoms with Crippen molar-refractivity contribution in [2.24, 2.45) is 0 Å². The summed E-state index contributed by atoms with van der Waals surface area (Å²) in [6, 6.07) is 3.84. The van der Waals surface area contributed by atoms with Gasteiger partial charge in [-0.15, -0.1) is 11.3 Å². The molecule has 0 saturated carbocycles. The minimum absolute atomic E-state index is 0.00922. The van der Waals surface area contributed by atoms with Crippen LogP contribution < -0.4 is 4.72 Å². The van der Waals surface area contributed by atoms with E-state index < -0.39 is 20.0 Å². The molecule has 0 aliphatic heterocycles. The number of halogens is 1. The molecule has 0 unspecified atom stereocenters. The molecular weight excluding hydrogens is 394 g/mol. The monoisotopic (exact) mass is 409 g/mol. The van der Waals surface area contributed by atoms with Crippen molar-refractivity contribution >= 4 is 48.7 Å². The third kappa shape index (κ3) is 3.72. The van der Waals surface area contributed by atoms with Crippen LogP contribution in [0.4, 0.5) is 5.69 Å². The van der Waals surface area contributed by atoms with E-state index in [1.54, 1.807) is 13.8 Å². The highest BCUT2D eigenvalue weighted by atomic mass is 35.5. The lowest BCUT2D eigenvalue weighted by Gasteiger charge is -2.14. The van der Waals surface area contributed by atoms with Crippen molar-refractivity contribution in [1.82, 2.24) is 9.29 Å². The molecular formula is C13H16ClN3O4S3. The average Bonchev–Trinajstić information content (AvgIpc) is 2.80. The summed E-state index contributed by atoms with van der Waals surface area (Å²) >= 11 is 7.05. The molecule has 2 rings (SSSR count). The molecule has 1 aromatic carbocycles. The summed E-state index contributed by atoms with van der Waals surface area (Å²) < 4.78 is 52.9. The standard InChI is InChI=1S/C13H16ClN3O4S3/c1-8-13(22-9(2)15-8)23(18,19)16-12-7-10(5-6-11(12)14)24(20,21)17(3)4/h5-7,16H,1-4H3. The summed E-state index contributed by atoms with van der Waals surface area (Å²) in [5, 5.41) is 0.707. The van der Waals surface area contributed by atoms with E-state index in [1.165, 1.54) is 32.3 Å². The molecule has 0 saturated heterocycles. The molecule has 1 aromatic heterocycles. The lowest BCUT2D eigenvalue weighted by atomic mass is 10.3. The van der Waals surface area contributed by atoms with E-state index in [0.717, 1.165) is 15.6 Å². The summed E-state index contributed by atoms with van der Waals surface area (Å²) in [5.41, 5.74) is 0.364. The van der Waals surface area contributed by atoms with Crippen molar-refractivity contribution in [3.8, 4) is 0 Å². The van der Waals surface area contributed by atoms with Gasteiger partial charge in [-0.25, -0.2) is 26.1 Å². The Balaban J connectivity index is 2.49. The quantitative estimate of drug-likeness (QED) is 0.818. The van der Waals surface area contributed by atoms with E-state index in [4.69, 9.17) is 11.6 Å². The molecule has 0 radical (unpaired) electrons. The molecule has 1 N–H and O–H groups in total. The molecule has 2 aromatic rings. The first-order chi connectivity index (χ1) is 10.9. The zero-order valence-electron chi connectivity index (χ0n) is 13.4. The molecule has 1 heterocycles. The van der Waals surface area contributed by atoms with Gasteiger partial charge in [0.1, 0.15) is 0 Å². The Labute approximate surface area is 150 Å². The van der Waals surface area contributed by atoms with Crippen LogP contribution in [0, 0.1) is 13.8 Å². The number of anilines is 1. The van der Waals surface area contributed by atoms with Crippen LogP contribution in [0.15, 0.2) is 27.3 Å². The van der Waals surface area contributed by atoms with E-state index in [0.29, 0.717) is 10.7 Å². The fraction of sp³-hybridized carbons (Fsp3) is 0.308. The van der Waals surface area contributed by atoms with E-state index in [-0.39, 0.29) is 19.8 Å². The number of rotatable bonds is 5. The Bertz CT molecular complexity index is 982. The maximum Gasteiger partial charge on any atom is 0.273 e. The minimum Gasteiger partial charge on any atom is -0.277 e. The van der Waals surface area contributed by atoms with Crippen molar-refractivity contribution in [2.45, 2.75) is 23.0 Å². The Morgan fingerprint density at radius 3 is 2.29 bits per heavy atom. The highest BCUT2D eigenvalue weighted by Crippen LogP contribution is 2.30. The molecule has 0 spiro atoms. The van der Waals surface area contributed by atoms with Gasteiger partial charge in [-0.3, -0.25) is 4.72 Å². The van der Waals surface area contributed by atoms with Gasteiger partial charge in [0.15, 0.2) is 4.21 Å². The van der Waals surface area contributed by atoms with Gasteiger partial charge in [0.2, 0.25) is 10.0 Å². The number of hydrogen-bond donors (Lipinski definition) is 1. The second kappa shape index (κ2) is 6.60. The molecule has 0 atom stereocenters. The molecule has 11 heteroatoms. The number of benzene rings is 1. The number of nitrogens with zero attached hydrogens (tertiary/aromatic N) is 2. The predicted octanol–water partition coefficient (Wildman–Crippen LogP) is 2.46. The van der Waals surface area contributed by atoms with Gasteiger partial charge in [-0.05, 0) is 32.0 Å². The number of hydrogen-bond acceptors (Lipinski definition) is 6. The lowest BCUT2D eigenvalue weighted by molar-refractivity contribution is 0.521. The van der Waals surface area contributed by atoms with Crippen LogP contribution in [0.1, 0.15) is 10.7 Å². The first kappa shape index (κ1) is 19.1. The van der Waals surface area contributed by atoms with Gasteiger partial charge in [0.25, 0.3) is 10.0 Å². The molecule has 0 fully saturated rings. The summed E-state index contributed by atoms with van der Waals surface area (Å²) in [7, 11) is -4.85. The number of thiazole rings is 1. The Morgan fingerprint density at radius 2 is 1.79 bits per heavy atom. The zero-order chi connectivity index (χ0) is 18.3. The highest BCUT2D eigenvalue weighted by Gasteiger charge is 2.24. The van der Waals surface area contributed by atoms with Crippen LogP contribution in [-0.2, 0) is 20.0 Å². The van der Waals surface area contributed by atoms with E-state index in [2.05, 4.69) is 9.71 Å². The lowest BCUT2D eigenvalue weighted by Crippen LogP contribution is -2.22. The predicted molar refractivity (Wildman–Crippen MR) is 94.7 cm³/mol. The summed E-state index contributed by atoms with van der Waals surface area (Å²) in [6.45, 7) is 3.29. The smallest absolute Gasteiger partial charge is 0.273 e. The normalized spacial score (nSPS) is 12.6. The molecule has 132 valence electrons. The SMILES string of the molecule is Cc1nc(C)c(S(=O)(=O)Nc2cc(S(=O)(=O)N(C)C)ccc2Cl)s1. The maximum absolute atomic E-state index is 12.5. The summed E-state index contributed by atoms with van der Waals surface area (Å²) in [4.78, 5) is 4.02. The van der Waals surface area contributed by atoms with E-state index >= 15 is 0 Å². The zero-order valence-corrected chi connectivity index (χ0v) is 16.6. The van der Waals surface area contributed by atoms with E-state index in [1.807, 2.05) is 0 Å². The van der Waals surface area contributed by atoms with Gasteiger partial charge in [0.05, 0.1) is 26.3 Å². The number of aromatic nitrogens is 1. The van der Waals surface area contributed by atoms with Crippen LogP contribution in [0.3, 0.4) is 0 Å². The topological polar surface area (TPSA) is 96.4 Å². The average molecular weight is 410 g/mol. The van der Waals surface area contributed by atoms with Crippen molar-refractivity contribution in [1.29, 1.82) is 0 Å². The fourth-order valence-corrected chi connectivity index (χ4v) is 5.61. The van der Waals surface area contributed by atoms with Crippen LogP contribution >= 0.6 is 22.9 Å². The number of sulfonamides is 2. The molecule has 0 aliphatic rings. The number of aryl methyl sites for hydroxylation is 2. The third-order valence-electron chi connectivity index (χ3n) is 3.07. The van der Waals surface area contributed by atoms with Crippen molar-refractivity contribution < 1.29 is 16.8 Å². The Kier molecular flexibility index (Phi) is 5.26. The highest BCUT2D eigenvalue weighted by molar-refractivity contribution is 7.94. The Morgan fingerprint density at radius 1 is 1.17 bits per heavy atom. The van der Waals surface area contributed by atoms with Crippen LogP contribution in [0.25, 0.3) is 0 Å². The number of nitrogens with one attached hydrogen (secondary N) is 1.